The number of carbonyl (C=O) groups excluding carboxylic acids is 1. The molecule has 2 aliphatic rings. The molecule has 1 fully saturated rings. The minimum atomic E-state index is -0.597. The molecule has 9 heteroatoms. The summed E-state index contributed by atoms with van der Waals surface area (Å²) in [7, 11) is 1.55. The number of morpholine rings is 1. The van der Waals surface area contributed by atoms with Gasteiger partial charge < -0.3 is 28.3 Å². The molecule has 1 aromatic heterocycles. The van der Waals surface area contributed by atoms with Crippen LogP contribution >= 0.6 is 0 Å². The van der Waals surface area contributed by atoms with Crippen molar-refractivity contribution < 1.29 is 28.2 Å². The molecule has 1 unspecified atom stereocenters. The second-order valence-electron chi connectivity index (χ2n) is 9.32. The van der Waals surface area contributed by atoms with Crippen LogP contribution < -0.4 is 19.6 Å². The monoisotopic (exact) mass is 522 g/mol. The second-order valence-corrected chi connectivity index (χ2v) is 9.32. The summed E-state index contributed by atoms with van der Waals surface area (Å²) in [5.41, 5.74) is 1.24. The predicted molar refractivity (Wildman–Crippen MR) is 143 cm³/mol. The van der Waals surface area contributed by atoms with Crippen LogP contribution in [0.3, 0.4) is 0 Å². The Bertz CT molecular complexity index is 1360. The third kappa shape index (κ3) is 4.96. The van der Waals surface area contributed by atoms with Gasteiger partial charge in [0.05, 0.1) is 50.5 Å². The number of ether oxygens (including phenoxy) is 4. The summed E-state index contributed by atoms with van der Waals surface area (Å²) in [6, 6.07) is 10.1. The van der Waals surface area contributed by atoms with Gasteiger partial charge in [-0.1, -0.05) is 6.07 Å². The number of rotatable bonds is 10. The normalized spacial score (nSPS) is 17.6. The van der Waals surface area contributed by atoms with E-state index < -0.39 is 6.04 Å². The first kappa shape index (κ1) is 26.1. The molecule has 1 amide bonds. The molecule has 1 saturated heterocycles. The van der Waals surface area contributed by atoms with E-state index in [1.165, 1.54) is 0 Å². The number of carbonyl (C=O) groups is 1. The zero-order valence-electron chi connectivity index (χ0n) is 22.2. The first-order chi connectivity index (χ1) is 18.5. The number of benzene rings is 2. The van der Waals surface area contributed by atoms with Gasteiger partial charge in [0.1, 0.15) is 11.3 Å². The Kier molecular flexibility index (Phi) is 7.85. The summed E-state index contributed by atoms with van der Waals surface area (Å²) in [6.07, 6.45) is 0.757. The highest BCUT2D eigenvalue weighted by molar-refractivity contribution is 5.99. The maximum absolute atomic E-state index is 13.8. The average Bonchev–Trinajstić information content (AvgIpc) is 3.21. The highest BCUT2D eigenvalue weighted by atomic mass is 16.5. The number of nitrogens with zero attached hydrogens (tertiary/aromatic N) is 2. The summed E-state index contributed by atoms with van der Waals surface area (Å²) in [5, 5.41) is 0.411. The van der Waals surface area contributed by atoms with Crippen LogP contribution in [0.2, 0.25) is 0 Å². The van der Waals surface area contributed by atoms with Crippen molar-refractivity contribution in [1.82, 2.24) is 9.80 Å². The number of fused-ring (bicyclic) bond motifs is 2. The van der Waals surface area contributed by atoms with E-state index in [9.17, 15) is 9.59 Å². The van der Waals surface area contributed by atoms with Gasteiger partial charge in [-0.3, -0.25) is 14.5 Å². The summed E-state index contributed by atoms with van der Waals surface area (Å²) in [4.78, 5) is 31.7. The first-order valence-electron chi connectivity index (χ1n) is 13.2. The van der Waals surface area contributed by atoms with E-state index in [0.29, 0.717) is 53.5 Å². The molecule has 0 spiro atoms. The van der Waals surface area contributed by atoms with Crippen molar-refractivity contribution in [2.45, 2.75) is 26.3 Å². The number of amides is 1. The van der Waals surface area contributed by atoms with Gasteiger partial charge in [0, 0.05) is 32.2 Å². The predicted octanol–water partition coefficient (Wildman–Crippen LogP) is 3.87. The van der Waals surface area contributed by atoms with Gasteiger partial charge in [-0.15, -0.1) is 0 Å². The van der Waals surface area contributed by atoms with E-state index in [-0.39, 0.29) is 17.1 Å². The highest BCUT2D eigenvalue weighted by Crippen LogP contribution is 2.41. The van der Waals surface area contributed by atoms with E-state index in [1.54, 1.807) is 30.2 Å². The van der Waals surface area contributed by atoms with Crippen LogP contribution in [0.25, 0.3) is 11.0 Å². The van der Waals surface area contributed by atoms with Crippen molar-refractivity contribution in [2.75, 3.05) is 59.7 Å². The average molecular weight is 523 g/mol. The maximum Gasteiger partial charge on any atom is 0.290 e. The van der Waals surface area contributed by atoms with Crippen LogP contribution in [0.15, 0.2) is 45.6 Å². The Labute approximate surface area is 221 Å². The minimum Gasteiger partial charge on any atom is -0.497 e. The van der Waals surface area contributed by atoms with Crippen molar-refractivity contribution in [2.24, 2.45) is 0 Å². The summed E-state index contributed by atoms with van der Waals surface area (Å²) >= 11 is 0. The molecule has 0 bridgehead atoms. The SMILES string of the molecule is CCOc1ccc(C2c3c(oc4cc(OC)ccc4c3=O)C(=O)N2CCCN2CCOCC2)cc1OCC. The lowest BCUT2D eigenvalue weighted by Crippen LogP contribution is -2.38. The van der Waals surface area contributed by atoms with Crippen LogP contribution in [0, 0.1) is 0 Å². The lowest BCUT2D eigenvalue weighted by atomic mass is 9.98. The Balaban J connectivity index is 1.57. The third-order valence-corrected chi connectivity index (χ3v) is 7.04. The molecule has 0 saturated carbocycles. The Morgan fingerprint density at radius 2 is 1.71 bits per heavy atom. The molecular formula is C29H34N2O7. The van der Waals surface area contributed by atoms with Crippen LogP contribution in [0.5, 0.6) is 17.2 Å². The van der Waals surface area contributed by atoms with Crippen LogP contribution in [0.1, 0.15) is 48.0 Å². The minimum absolute atomic E-state index is 0.0824. The van der Waals surface area contributed by atoms with Gasteiger partial charge in [-0.2, -0.15) is 0 Å². The van der Waals surface area contributed by atoms with Crippen molar-refractivity contribution in [3.05, 3.63) is 63.5 Å². The number of methoxy groups -OCH3 is 1. The van der Waals surface area contributed by atoms with Gasteiger partial charge in [-0.25, -0.2) is 0 Å². The van der Waals surface area contributed by atoms with Gasteiger partial charge in [0.15, 0.2) is 16.9 Å². The summed E-state index contributed by atoms with van der Waals surface area (Å²) < 4.78 is 28.5. The summed E-state index contributed by atoms with van der Waals surface area (Å²) in [5.74, 6) is 1.55. The molecule has 5 rings (SSSR count). The number of hydrogen-bond acceptors (Lipinski definition) is 8. The quantitative estimate of drug-likeness (QED) is 0.397. The van der Waals surface area contributed by atoms with E-state index in [4.69, 9.17) is 23.4 Å². The first-order valence-corrected chi connectivity index (χ1v) is 13.2. The van der Waals surface area contributed by atoms with E-state index in [0.717, 1.165) is 44.8 Å². The van der Waals surface area contributed by atoms with Crippen LogP contribution in [-0.4, -0.2) is 75.4 Å². The third-order valence-electron chi connectivity index (χ3n) is 7.04. The molecule has 38 heavy (non-hydrogen) atoms. The lowest BCUT2D eigenvalue weighted by molar-refractivity contribution is 0.0353. The van der Waals surface area contributed by atoms with Crippen molar-refractivity contribution in [3.8, 4) is 17.2 Å². The van der Waals surface area contributed by atoms with Gasteiger partial charge in [0.25, 0.3) is 5.91 Å². The zero-order chi connectivity index (χ0) is 26.6. The molecule has 9 nitrogen and oxygen atoms in total. The molecule has 202 valence electrons. The fourth-order valence-electron chi connectivity index (χ4n) is 5.23. The molecule has 3 aromatic rings. The van der Waals surface area contributed by atoms with Crippen molar-refractivity contribution in [1.29, 1.82) is 0 Å². The molecule has 0 radical (unpaired) electrons. The molecule has 0 N–H and O–H groups in total. The van der Waals surface area contributed by atoms with Crippen molar-refractivity contribution in [3.63, 3.8) is 0 Å². The molecule has 1 atom stereocenters. The fourth-order valence-corrected chi connectivity index (χ4v) is 5.23. The fraction of sp³-hybridized carbons (Fsp3) is 0.448. The molecule has 0 aliphatic carbocycles. The second kappa shape index (κ2) is 11.4. The zero-order valence-corrected chi connectivity index (χ0v) is 22.2. The maximum atomic E-state index is 13.8. The lowest BCUT2D eigenvalue weighted by Gasteiger charge is -2.29. The smallest absolute Gasteiger partial charge is 0.290 e. The van der Waals surface area contributed by atoms with Crippen LogP contribution in [0.4, 0.5) is 0 Å². The molecule has 3 heterocycles. The topological polar surface area (TPSA) is 90.7 Å². The largest absolute Gasteiger partial charge is 0.497 e. The Hall–Kier alpha value is -3.56. The van der Waals surface area contributed by atoms with Crippen LogP contribution in [-0.2, 0) is 4.74 Å². The van der Waals surface area contributed by atoms with E-state index in [2.05, 4.69) is 4.90 Å². The molecular weight excluding hydrogens is 488 g/mol. The standard InChI is InChI=1S/C29H34N2O7/c1-4-36-22-10-7-19(17-24(22)37-5-2)26-25-27(32)21-9-8-20(34-3)18-23(21)38-28(25)29(33)31(26)12-6-11-30-13-15-35-16-14-30/h7-10,17-18,26H,4-6,11-16H2,1-3H3. The van der Waals surface area contributed by atoms with E-state index >= 15 is 0 Å². The molecule has 2 aliphatic heterocycles. The molecule has 2 aromatic carbocycles. The van der Waals surface area contributed by atoms with Gasteiger partial charge >= 0.3 is 0 Å². The van der Waals surface area contributed by atoms with E-state index in [1.807, 2.05) is 32.0 Å². The Morgan fingerprint density at radius 1 is 0.947 bits per heavy atom. The summed E-state index contributed by atoms with van der Waals surface area (Å²) in [6.45, 7) is 9.28. The van der Waals surface area contributed by atoms with Crippen molar-refractivity contribution >= 4 is 16.9 Å². The number of hydrogen-bond donors (Lipinski definition) is 0. The van der Waals surface area contributed by atoms with Gasteiger partial charge in [-0.05, 0) is 50.1 Å². The van der Waals surface area contributed by atoms with Gasteiger partial charge in [0.2, 0.25) is 5.76 Å². The highest BCUT2D eigenvalue weighted by Gasteiger charge is 2.42. The Morgan fingerprint density at radius 3 is 2.45 bits per heavy atom.